The second-order valence-electron chi connectivity index (χ2n) is 6.26. The molecule has 0 radical (unpaired) electrons. The van der Waals surface area contributed by atoms with Gasteiger partial charge in [0.1, 0.15) is 5.82 Å². The minimum atomic E-state index is -0.156. The van der Waals surface area contributed by atoms with Crippen molar-refractivity contribution < 1.29 is 9.90 Å². The minimum absolute atomic E-state index is 0.0577. The number of aliphatic hydroxyl groups is 1. The number of pyridine rings is 2. The number of anilines is 1. The molecule has 0 aliphatic carbocycles. The van der Waals surface area contributed by atoms with Crippen molar-refractivity contribution in [3.8, 4) is 22.3 Å². The number of aliphatic hydroxyl groups excluding tert-OH is 1. The molecule has 0 unspecified atom stereocenters. The number of carbonyl (C=O) groups excluding carboxylic acids is 1. The van der Waals surface area contributed by atoms with E-state index in [1.807, 2.05) is 37.3 Å². The summed E-state index contributed by atoms with van der Waals surface area (Å²) in [6.45, 7) is 2.44. The number of rotatable bonds is 6. The first-order chi connectivity index (χ1) is 13.1. The van der Waals surface area contributed by atoms with Gasteiger partial charge < -0.3 is 16.2 Å². The van der Waals surface area contributed by atoms with Crippen LogP contribution in [0.5, 0.6) is 0 Å². The SMILES string of the molecule is Cc1ccc(-c2cc(-c3ccc(C(=O)NCCCO)cc3)cnc2N)cn1. The van der Waals surface area contributed by atoms with E-state index in [-0.39, 0.29) is 12.5 Å². The number of nitrogens with two attached hydrogens (primary N) is 1. The maximum absolute atomic E-state index is 12.1. The quantitative estimate of drug-likeness (QED) is 0.585. The highest BCUT2D eigenvalue weighted by molar-refractivity contribution is 5.94. The standard InChI is InChI=1S/C21H22N4O2/c1-14-3-4-17(12-24-14)19-11-18(13-25-20(19)22)15-5-7-16(8-6-15)21(27)23-9-2-10-26/h3-8,11-13,26H,2,9-10H2,1H3,(H2,22,25)(H,23,27). The fraction of sp³-hybridized carbons (Fsp3) is 0.190. The summed E-state index contributed by atoms with van der Waals surface area (Å²) in [5.41, 5.74) is 11.1. The molecule has 138 valence electrons. The predicted molar refractivity (Wildman–Crippen MR) is 106 cm³/mol. The molecule has 0 fully saturated rings. The Morgan fingerprint density at radius 2 is 1.74 bits per heavy atom. The van der Waals surface area contributed by atoms with E-state index in [0.29, 0.717) is 24.3 Å². The number of carbonyl (C=O) groups is 1. The second-order valence-corrected chi connectivity index (χ2v) is 6.26. The highest BCUT2D eigenvalue weighted by Crippen LogP contribution is 2.29. The Kier molecular flexibility index (Phi) is 5.78. The summed E-state index contributed by atoms with van der Waals surface area (Å²) in [6.07, 6.45) is 4.04. The van der Waals surface area contributed by atoms with Crippen LogP contribution in [0.1, 0.15) is 22.5 Å². The van der Waals surface area contributed by atoms with Crippen LogP contribution in [0.3, 0.4) is 0 Å². The maximum Gasteiger partial charge on any atom is 0.251 e. The molecule has 0 saturated carbocycles. The summed E-state index contributed by atoms with van der Waals surface area (Å²) < 4.78 is 0. The number of aryl methyl sites for hydroxylation is 1. The lowest BCUT2D eigenvalue weighted by molar-refractivity contribution is 0.0951. The Labute approximate surface area is 158 Å². The average molecular weight is 362 g/mol. The van der Waals surface area contributed by atoms with Gasteiger partial charge in [0.2, 0.25) is 0 Å². The van der Waals surface area contributed by atoms with Crippen LogP contribution in [0, 0.1) is 6.92 Å². The van der Waals surface area contributed by atoms with Gasteiger partial charge in [-0.25, -0.2) is 4.98 Å². The molecule has 27 heavy (non-hydrogen) atoms. The number of hydrogen-bond donors (Lipinski definition) is 3. The molecular formula is C21H22N4O2. The van der Waals surface area contributed by atoms with Gasteiger partial charge >= 0.3 is 0 Å². The Bertz CT molecular complexity index is 922. The van der Waals surface area contributed by atoms with Gasteiger partial charge in [0.25, 0.3) is 5.91 Å². The first kappa shape index (κ1) is 18.5. The van der Waals surface area contributed by atoms with Crippen molar-refractivity contribution in [1.29, 1.82) is 0 Å². The van der Waals surface area contributed by atoms with Crippen molar-refractivity contribution in [3.63, 3.8) is 0 Å². The molecule has 0 saturated heterocycles. The van der Waals surface area contributed by atoms with Gasteiger partial charge in [0.15, 0.2) is 0 Å². The predicted octanol–water partition coefficient (Wildman–Crippen LogP) is 2.81. The first-order valence-electron chi connectivity index (χ1n) is 8.76. The summed E-state index contributed by atoms with van der Waals surface area (Å²) in [6, 6.07) is 13.2. The molecule has 0 aliphatic rings. The number of benzene rings is 1. The van der Waals surface area contributed by atoms with Crippen LogP contribution in [0.4, 0.5) is 5.82 Å². The van der Waals surface area contributed by atoms with Crippen molar-refractivity contribution in [3.05, 3.63) is 66.1 Å². The third-order valence-corrected chi connectivity index (χ3v) is 4.24. The van der Waals surface area contributed by atoms with Crippen LogP contribution in [-0.2, 0) is 0 Å². The molecule has 0 atom stereocenters. The molecule has 2 aromatic heterocycles. The van der Waals surface area contributed by atoms with E-state index in [0.717, 1.165) is 27.9 Å². The summed E-state index contributed by atoms with van der Waals surface area (Å²) >= 11 is 0. The van der Waals surface area contributed by atoms with Crippen molar-refractivity contribution in [2.45, 2.75) is 13.3 Å². The summed E-state index contributed by atoms with van der Waals surface area (Å²) in [7, 11) is 0. The average Bonchev–Trinajstić information content (AvgIpc) is 2.69. The van der Waals surface area contributed by atoms with Crippen LogP contribution in [0.25, 0.3) is 22.3 Å². The van der Waals surface area contributed by atoms with E-state index in [1.54, 1.807) is 24.5 Å². The molecule has 4 N–H and O–H groups in total. The van der Waals surface area contributed by atoms with E-state index < -0.39 is 0 Å². The fourth-order valence-corrected chi connectivity index (χ4v) is 2.69. The van der Waals surface area contributed by atoms with E-state index in [9.17, 15) is 4.79 Å². The molecule has 0 aliphatic heterocycles. The lowest BCUT2D eigenvalue weighted by Crippen LogP contribution is -2.24. The third kappa shape index (κ3) is 4.48. The van der Waals surface area contributed by atoms with Crippen LogP contribution < -0.4 is 11.1 Å². The van der Waals surface area contributed by atoms with Gasteiger partial charge in [-0.2, -0.15) is 0 Å². The molecule has 1 amide bonds. The Hall–Kier alpha value is -3.25. The lowest BCUT2D eigenvalue weighted by Gasteiger charge is -2.09. The van der Waals surface area contributed by atoms with E-state index >= 15 is 0 Å². The van der Waals surface area contributed by atoms with E-state index in [2.05, 4.69) is 15.3 Å². The number of nitrogens with one attached hydrogen (secondary N) is 1. The largest absolute Gasteiger partial charge is 0.396 e. The minimum Gasteiger partial charge on any atom is -0.396 e. The monoisotopic (exact) mass is 362 g/mol. The molecule has 3 rings (SSSR count). The maximum atomic E-state index is 12.1. The molecule has 3 aromatic rings. The number of amides is 1. The van der Waals surface area contributed by atoms with E-state index in [1.165, 1.54) is 0 Å². The molecule has 0 spiro atoms. The smallest absolute Gasteiger partial charge is 0.251 e. The van der Waals surface area contributed by atoms with Crippen molar-refractivity contribution >= 4 is 11.7 Å². The third-order valence-electron chi connectivity index (χ3n) is 4.24. The Balaban J connectivity index is 1.83. The topological polar surface area (TPSA) is 101 Å². The van der Waals surface area contributed by atoms with Gasteiger partial charge in [-0.15, -0.1) is 0 Å². The number of nitrogen functional groups attached to an aromatic ring is 1. The Morgan fingerprint density at radius 3 is 2.41 bits per heavy atom. The van der Waals surface area contributed by atoms with Crippen molar-refractivity contribution in [2.75, 3.05) is 18.9 Å². The molecule has 6 heteroatoms. The number of hydrogen-bond acceptors (Lipinski definition) is 5. The highest BCUT2D eigenvalue weighted by atomic mass is 16.3. The highest BCUT2D eigenvalue weighted by Gasteiger charge is 2.09. The second kappa shape index (κ2) is 8.42. The van der Waals surface area contributed by atoms with Gasteiger partial charge in [0, 0.05) is 53.5 Å². The molecule has 1 aromatic carbocycles. The van der Waals surface area contributed by atoms with Crippen LogP contribution in [-0.4, -0.2) is 34.1 Å². The zero-order chi connectivity index (χ0) is 19.2. The summed E-state index contributed by atoms with van der Waals surface area (Å²) in [5, 5.41) is 11.5. The lowest BCUT2D eigenvalue weighted by atomic mass is 10.0. The Morgan fingerprint density at radius 1 is 1.04 bits per heavy atom. The first-order valence-corrected chi connectivity index (χ1v) is 8.76. The zero-order valence-corrected chi connectivity index (χ0v) is 15.1. The van der Waals surface area contributed by atoms with Gasteiger partial charge in [-0.05, 0) is 43.2 Å². The number of aromatic nitrogens is 2. The van der Waals surface area contributed by atoms with Crippen LogP contribution in [0.15, 0.2) is 54.9 Å². The molecule has 2 heterocycles. The molecule has 0 bridgehead atoms. The van der Waals surface area contributed by atoms with Gasteiger partial charge in [-0.3, -0.25) is 9.78 Å². The van der Waals surface area contributed by atoms with Crippen LogP contribution >= 0.6 is 0 Å². The van der Waals surface area contributed by atoms with Crippen LogP contribution in [0.2, 0.25) is 0 Å². The summed E-state index contributed by atoms with van der Waals surface area (Å²) in [4.78, 5) is 20.7. The van der Waals surface area contributed by atoms with E-state index in [4.69, 9.17) is 10.8 Å². The van der Waals surface area contributed by atoms with Gasteiger partial charge in [-0.1, -0.05) is 18.2 Å². The normalized spacial score (nSPS) is 10.6. The fourth-order valence-electron chi connectivity index (χ4n) is 2.69. The number of nitrogens with zero attached hydrogens (tertiary/aromatic N) is 2. The van der Waals surface area contributed by atoms with Crippen molar-refractivity contribution in [1.82, 2.24) is 15.3 Å². The summed E-state index contributed by atoms with van der Waals surface area (Å²) in [5.74, 6) is 0.293. The van der Waals surface area contributed by atoms with Gasteiger partial charge in [0.05, 0.1) is 0 Å². The molecular weight excluding hydrogens is 340 g/mol. The molecule has 6 nitrogen and oxygen atoms in total. The van der Waals surface area contributed by atoms with Crippen molar-refractivity contribution in [2.24, 2.45) is 0 Å². The zero-order valence-electron chi connectivity index (χ0n) is 15.1.